The van der Waals surface area contributed by atoms with Crippen LogP contribution in [0, 0.1) is 5.41 Å². The molecular formula is C18H36N2O. The Morgan fingerprint density at radius 3 is 2.19 bits per heavy atom. The molecule has 2 rings (SSSR count). The van der Waals surface area contributed by atoms with Gasteiger partial charge >= 0.3 is 0 Å². The van der Waals surface area contributed by atoms with Crippen LogP contribution in [-0.4, -0.2) is 41.8 Å². The quantitative estimate of drug-likeness (QED) is 0.837. The molecule has 0 amide bonds. The summed E-state index contributed by atoms with van der Waals surface area (Å²) in [5, 5.41) is 11.5. The summed E-state index contributed by atoms with van der Waals surface area (Å²) in [6, 6.07) is 0. The third kappa shape index (κ3) is 4.00. The van der Waals surface area contributed by atoms with Crippen LogP contribution in [0.3, 0.4) is 0 Å². The molecule has 2 fully saturated rings. The number of nitrogens with two attached hydrogens (primary N) is 1. The highest BCUT2D eigenvalue weighted by molar-refractivity contribution is 5.01. The van der Waals surface area contributed by atoms with Crippen LogP contribution < -0.4 is 5.73 Å². The van der Waals surface area contributed by atoms with E-state index in [1.807, 2.05) is 0 Å². The Labute approximate surface area is 131 Å². The average Bonchev–Trinajstić information content (AvgIpc) is 2.63. The van der Waals surface area contributed by atoms with Crippen molar-refractivity contribution in [2.45, 2.75) is 83.2 Å². The van der Waals surface area contributed by atoms with Crippen LogP contribution in [0.1, 0.15) is 77.6 Å². The first-order chi connectivity index (χ1) is 10.2. The number of likely N-dealkylation sites (tertiary alicyclic amines) is 1. The molecule has 1 saturated carbocycles. The molecular weight excluding hydrogens is 260 g/mol. The van der Waals surface area contributed by atoms with Crippen LogP contribution >= 0.6 is 0 Å². The van der Waals surface area contributed by atoms with Crippen LogP contribution in [0.4, 0.5) is 0 Å². The fourth-order valence-electron chi connectivity index (χ4n) is 4.69. The molecule has 0 aromatic heterocycles. The van der Waals surface area contributed by atoms with E-state index in [2.05, 4.69) is 11.8 Å². The van der Waals surface area contributed by atoms with E-state index in [1.165, 1.54) is 45.1 Å². The molecule has 1 aliphatic heterocycles. The second-order valence-corrected chi connectivity index (χ2v) is 7.48. The highest BCUT2D eigenvalue weighted by Crippen LogP contribution is 2.47. The molecule has 124 valence electrons. The molecule has 0 radical (unpaired) electrons. The Morgan fingerprint density at radius 1 is 0.905 bits per heavy atom. The number of nitrogens with zero attached hydrogens (tertiary/aromatic N) is 1. The Morgan fingerprint density at radius 2 is 1.57 bits per heavy atom. The van der Waals surface area contributed by atoms with Crippen molar-refractivity contribution in [2.24, 2.45) is 11.1 Å². The molecule has 21 heavy (non-hydrogen) atoms. The van der Waals surface area contributed by atoms with Crippen LogP contribution in [0.2, 0.25) is 0 Å². The summed E-state index contributed by atoms with van der Waals surface area (Å²) in [5.74, 6) is 0. The van der Waals surface area contributed by atoms with Gasteiger partial charge in [0.1, 0.15) is 0 Å². The van der Waals surface area contributed by atoms with Gasteiger partial charge in [-0.2, -0.15) is 0 Å². The van der Waals surface area contributed by atoms with E-state index in [9.17, 15) is 5.11 Å². The summed E-state index contributed by atoms with van der Waals surface area (Å²) in [6.45, 7) is 6.28. The average molecular weight is 296 g/mol. The smallest absolute Gasteiger partial charge is 0.0728 e. The van der Waals surface area contributed by atoms with Crippen molar-refractivity contribution in [1.29, 1.82) is 0 Å². The van der Waals surface area contributed by atoms with Gasteiger partial charge < -0.3 is 15.7 Å². The van der Waals surface area contributed by atoms with Gasteiger partial charge in [0.15, 0.2) is 0 Å². The van der Waals surface area contributed by atoms with Gasteiger partial charge in [-0.15, -0.1) is 0 Å². The maximum Gasteiger partial charge on any atom is 0.0728 e. The van der Waals surface area contributed by atoms with E-state index in [1.54, 1.807) is 0 Å². The van der Waals surface area contributed by atoms with Gasteiger partial charge in [-0.3, -0.25) is 0 Å². The molecule has 1 heterocycles. The maximum absolute atomic E-state index is 11.5. The van der Waals surface area contributed by atoms with Crippen molar-refractivity contribution in [3.8, 4) is 0 Å². The van der Waals surface area contributed by atoms with E-state index in [0.717, 1.165) is 45.2 Å². The van der Waals surface area contributed by atoms with Crippen LogP contribution in [0.15, 0.2) is 0 Å². The molecule has 0 spiro atoms. The van der Waals surface area contributed by atoms with E-state index >= 15 is 0 Å². The summed E-state index contributed by atoms with van der Waals surface area (Å²) < 4.78 is 0. The summed E-state index contributed by atoms with van der Waals surface area (Å²) in [6.07, 6.45) is 13.0. The third-order valence-electron chi connectivity index (χ3n) is 6.13. The molecule has 1 aliphatic carbocycles. The van der Waals surface area contributed by atoms with Crippen molar-refractivity contribution in [1.82, 2.24) is 4.90 Å². The normalized spacial score (nSPS) is 32.1. The van der Waals surface area contributed by atoms with Crippen molar-refractivity contribution < 1.29 is 5.11 Å². The standard InChI is InChI=1S/C18H36N2O/c1-2-13-20-14-8-11-18(21,12-15-20)17(16-19)9-6-4-3-5-7-10-17/h21H,2-16,19H2,1H3. The molecule has 0 bridgehead atoms. The first kappa shape index (κ1) is 17.2. The second-order valence-electron chi connectivity index (χ2n) is 7.48. The Kier molecular flexibility index (Phi) is 6.51. The molecule has 0 aromatic carbocycles. The molecule has 3 nitrogen and oxygen atoms in total. The molecule has 1 unspecified atom stereocenters. The fourth-order valence-corrected chi connectivity index (χ4v) is 4.69. The predicted molar refractivity (Wildman–Crippen MR) is 89.3 cm³/mol. The Hall–Kier alpha value is -0.120. The second kappa shape index (κ2) is 7.94. The monoisotopic (exact) mass is 296 g/mol. The lowest BCUT2D eigenvalue weighted by Crippen LogP contribution is -2.53. The minimum absolute atomic E-state index is 0.0182. The van der Waals surface area contributed by atoms with E-state index in [-0.39, 0.29) is 5.41 Å². The fraction of sp³-hybridized carbons (Fsp3) is 1.00. The van der Waals surface area contributed by atoms with Crippen molar-refractivity contribution in [2.75, 3.05) is 26.2 Å². The van der Waals surface area contributed by atoms with Crippen molar-refractivity contribution in [3.63, 3.8) is 0 Å². The molecule has 0 aromatic rings. The number of rotatable bonds is 4. The molecule has 3 heteroatoms. The van der Waals surface area contributed by atoms with Gasteiger partial charge in [0.2, 0.25) is 0 Å². The van der Waals surface area contributed by atoms with Crippen LogP contribution in [0.5, 0.6) is 0 Å². The summed E-state index contributed by atoms with van der Waals surface area (Å²) in [4.78, 5) is 2.53. The number of hydrogen-bond donors (Lipinski definition) is 2. The molecule has 2 aliphatic rings. The van der Waals surface area contributed by atoms with Crippen LogP contribution in [-0.2, 0) is 0 Å². The number of hydrogen-bond acceptors (Lipinski definition) is 3. The summed E-state index contributed by atoms with van der Waals surface area (Å²) >= 11 is 0. The minimum atomic E-state index is -0.526. The Bertz CT molecular complexity index is 300. The van der Waals surface area contributed by atoms with Gasteiger partial charge in [-0.05, 0) is 51.6 Å². The zero-order valence-electron chi connectivity index (χ0n) is 14.1. The highest BCUT2D eigenvalue weighted by Gasteiger charge is 2.48. The van der Waals surface area contributed by atoms with E-state index < -0.39 is 5.60 Å². The maximum atomic E-state index is 11.5. The zero-order valence-corrected chi connectivity index (χ0v) is 14.1. The number of aliphatic hydroxyl groups is 1. The van der Waals surface area contributed by atoms with Gasteiger partial charge in [-0.25, -0.2) is 0 Å². The topological polar surface area (TPSA) is 49.5 Å². The van der Waals surface area contributed by atoms with Gasteiger partial charge in [0.25, 0.3) is 0 Å². The van der Waals surface area contributed by atoms with Gasteiger partial charge in [-0.1, -0.05) is 39.0 Å². The Balaban J connectivity index is 2.10. The zero-order chi connectivity index (χ0) is 15.2. The summed E-state index contributed by atoms with van der Waals surface area (Å²) in [7, 11) is 0. The highest BCUT2D eigenvalue weighted by atomic mass is 16.3. The van der Waals surface area contributed by atoms with Gasteiger partial charge in [0, 0.05) is 18.5 Å². The largest absolute Gasteiger partial charge is 0.389 e. The van der Waals surface area contributed by atoms with E-state index in [4.69, 9.17) is 5.73 Å². The molecule has 1 atom stereocenters. The summed E-state index contributed by atoms with van der Waals surface area (Å²) in [5.41, 5.74) is 5.70. The molecule has 1 saturated heterocycles. The van der Waals surface area contributed by atoms with Crippen molar-refractivity contribution in [3.05, 3.63) is 0 Å². The first-order valence-corrected chi connectivity index (χ1v) is 9.31. The molecule has 3 N–H and O–H groups in total. The lowest BCUT2D eigenvalue weighted by Gasteiger charge is -2.48. The predicted octanol–water partition coefficient (Wildman–Crippen LogP) is 3.30. The minimum Gasteiger partial charge on any atom is -0.389 e. The first-order valence-electron chi connectivity index (χ1n) is 9.31. The lowest BCUT2D eigenvalue weighted by molar-refractivity contribution is -0.103. The van der Waals surface area contributed by atoms with Gasteiger partial charge in [0.05, 0.1) is 5.60 Å². The van der Waals surface area contributed by atoms with Crippen molar-refractivity contribution >= 4 is 0 Å². The lowest BCUT2D eigenvalue weighted by atomic mass is 9.62. The third-order valence-corrected chi connectivity index (χ3v) is 6.13. The SMILES string of the molecule is CCCN1CCCC(O)(C2(CN)CCCCCCC2)CC1. The van der Waals surface area contributed by atoms with Crippen LogP contribution in [0.25, 0.3) is 0 Å². The van der Waals surface area contributed by atoms with E-state index in [0.29, 0.717) is 6.54 Å².